The monoisotopic (exact) mass is 652 g/mol. The maximum atomic E-state index is 15.4. The molecule has 1 aromatic carbocycles. The predicted octanol–water partition coefficient (Wildman–Crippen LogP) is 11.1. The molecule has 1 aromatic heterocycles. The van der Waals surface area contributed by atoms with Gasteiger partial charge in [0, 0.05) is 6.54 Å². The van der Waals surface area contributed by atoms with Crippen LogP contribution in [0, 0.1) is 68.5 Å². The molecular formula is C44H65N3O. The summed E-state index contributed by atoms with van der Waals surface area (Å²) in [5.41, 5.74) is 3.54. The molecule has 0 unspecified atom stereocenters. The number of carbonyl (C=O) groups excluding carboxylic acids is 1. The summed E-state index contributed by atoms with van der Waals surface area (Å²) in [5.74, 6) is 6.36. The van der Waals surface area contributed by atoms with Gasteiger partial charge in [-0.1, -0.05) is 85.7 Å². The Labute approximate surface area is 292 Å². The molecule has 0 bridgehead atoms. The summed E-state index contributed by atoms with van der Waals surface area (Å²) in [7, 11) is 0. The molecule has 2 heterocycles. The van der Waals surface area contributed by atoms with Gasteiger partial charge in [0.05, 0.1) is 23.3 Å². The summed E-state index contributed by atoms with van der Waals surface area (Å²) >= 11 is 0. The topological polar surface area (TPSA) is 49.0 Å². The first-order chi connectivity index (χ1) is 22.8. The number of likely N-dealkylation sites (tertiary alicyclic amines) is 1. The minimum Gasteiger partial charge on any atom is -0.340 e. The van der Waals surface area contributed by atoms with Gasteiger partial charge in [0.1, 0.15) is 5.82 Å². The molecule has 11 atom stereocenters. The second-order valence-electron chi connectivity index (χ2n) is 19.8. The van der Waals surface area contributed by atoms with Crippen molar-refractivity contribution in [3.05, 3.63) is 42.4 Å². The van der Waals surface area contributed by atoms with Gasteiger partial charge in [-0.25, -0.2) is 4.98 Å². The lowest BCUT2D eigenvalue weighted by atomic mass is 9.32. The van der Waals surface area contributed by atoms with Gasteiger partial charge in [0.15, 0.2) is 0 Å². The number of aromatic amines is 1. The Hall–Kier alpha value is -2.10. The molecule has 0 radical (unpaired) electrons. The zero-order valence-corrected chi connectivity index (χ0v) is 31.6. The van der Waals surface area contributed by atoms with Crippen molar-refractivity contribution in [2.24, 2.45) is 68.5 Å². The molecule has 1 aliphatic heterocycles. The van der Waals surface area contributed by atoms with Gasteiger partial charge in [-0.2, -0.15) is 0 Å². The molecule has 1 amide bonds. The van der Waals surface area contributed by atoms with Crippen LogP contribution in [0.1, 0.15) is 144 Å². The van der Waals surface area contributed by atoms with E-state index in [-0.39, 0.29) is 11.5 Å². The Morgan fingerprint density at radius 2 is 1.62 bits per heavy atom. The van der Waals surface area contributed by atoms with Gasteiger partial charge < -0.3 is 9.88 Å². The highest BCUT2D eigenvalue weighted by atomic mass is 16.2. The smallest absolute Gasteiger partial charge is 0.229 e. The molecule has 262 valence electrons. The fourth-order valence-electron chi connectivity index (χ4n) is 14.8. The number of hydrogen-bond acceptors (Lipinski definition) is 2. The number of imidazole rings is 1. The van der Waals surface area contributed by atoms with E-state index >= 15 is 4.79 Å². The maximum absolute atomic E-state index is 15.4. The van der Waals surface area contributed by atoms with Crippen LogP contribution in [0.3, 0.4) is 0 Å². The van der Waals surface area contributed by atoms with Crippen LogP contribution >= 0.6 is 0 Å². The van der Waals surface area contributed by atoms with Gasteiger partial charge in [-0.15, -0.1) is 0 Å². The molecule has 8 rings (SSSR count). The largest absolute Gasteiger partial charge is 0.340 e. The van der Waals surface area contributed by atoms with Crippen LogP contribution in [0.4, 0.5) is 0 Å². The molecule has 48 heavy (non-hydrogen) atoms. The average molecular weight is 652 g/mol. The molecule has 0 spiro atoms. The number of fused-ring (bicyclic) bond motifs is 7. The number of aromatic nitrogens is 2. The molecule has 4 heteroatoms. The van der Waals surface area contributed by atoms with Crippen molar-refractivity contribution in [3.63, 3.8) is 0 Å². The summed E-state index contributed by atoms with van der Waals surface area (Å²) in [6.45, 7) is 21.8. The van der Waals surface area contributed by atoms with Gasteiger partial charge in [-0.05, 0) is 146 Å². The molecule has 2 aromatic rings. The fraction of sp³-hybridized carbons (Fsp3) is 0.773. The highest BCUT2D eigenvalue weighted by molar-refractivity contribution is 5.84. The van der Waals surface area contributed by atoms with E-state index in [0.717, 1.165) is 67.1 Å². The molecule has 4 nitrogen and oxygen atoms in total. The SMILES string of the molecule is CC(C)[C@@H]1CC[C@]2(C(=O)N3CCC[C@H]3c3ncc(-c4ccccc4)[nH]3)CC[C@]3(C)[C@H](CC[C@@H]4[C@@]5(C)CC[C@H](C)C(C)(C)[C@@H]5CC[C@]43C)[C@@H]12. The first-order valence-electron chi connectivity index (χ1n) is 20.2. The second-order valence-corrected chi connectivity index (χ2v) is 19.8. The van der Waals surface area contributed by atoms with Crippen molar-refractivity contribution < 1.29 is 4.79 Å². The van der Waals surface area contributed by atoms with Crippen LogP contribution in [0.15, 0.2) is 36.5 Å². The Bertz CT molecular complexity index is 1530. The van der Waals surface area contributed by atoms with Gasteiger partial charge in [0.2, 0.25) is 5.91 Å². The summed E-state index contributed by atoms with van der Waals surface area (Å²) in [6, 6.07) is 10.6. The Balaban J connectivity index is 1.12. The first-order valence-corrected chi connectivity index (χ1v) is 20.2. The van der Waals surface area contributed by atoms with Crippen molar-refractivity contribution in [1.82, 2.24) is 14.9 Å². The molecule has 5 aliphatic carbocycles. The third kappa shape index (κ3) is 4.37. The Morgan fingerprint density at radius 3 is 2.38 bits per heavy atom. The highest BCUT2D eigenvalue weighted by Gasteiger charge is 2.72. The lowest BCUT2D eigenvalue weighted by Gasteiger charge is -2.73. The number of H-pyrrole nitrogens is 1. The minimum absolute atomic E-state index is 0.0666. The minimum atomic E-state index is -0.205. The number of nitrogens with zero attached hydrogens (tertiary/aromatic N) is 2. The van der Waals surface area contributed by atoms with Crippen LogP contribution < -0.4 is 0 Å². The van der Waals surface area contributed by atoms with Crippen molar-refractivity contribution in [3.8, 4) is 11.3 Å². The van der Waals surface area contributed by atoms with E-state index in [1.165, 1.54) is 51.4 Å². The third-order valence-corrected chi connectivity index (χ3v) is 17.8. The van der Waals surface area contributed by atoms with Crippen LogP contribution in [-0.4, -0.2) is 27.3 Å². The lowest BCUT2D eigenvalue weighted by Crippen LogP contribution is -2.67. The number of nitrogens with one attached hydrogen (secondary N) is 1. The van der Waals surface area contributed by atoms with Gasteiger partial charge in [0.25, 0.3) is 0 Å². The maximum Gasteiger partial charge on any atom is 0.229 e. The van der Waals surface area contributed by atoms with Crippen molar-refractivity contribution >= 4 is 5.91 Å². The van der Waals surface area contributed by atoms with E-state index in [0.29, 0.717) is 51.2 Å². The number of rotatable bonds is 4. The van der Waals surface area contributed by atoms with E-state index in [2.05, 4.69) is 95.6 Å². The number of carbonyl (C=O) groups is 1. The zero-order valence-electron chi connectivity index (χ0n) is 31.6. The number of hydrogen-bond donors (Lipinski definition) is 1. The molecule has 6 fully saturated rings. The van der Waals surface area contributed by atoms with Crippen LogP contribution in [0.25, 0.3) is 11.3 Å². The van der Waals surface area contributed by atoms with Gasteiger partial charge >= 0.3 is 0 Å². The molecule has 1 saturated heterocycles. The molecule has 1 N–H and O–H groups in total. The van der Waals surface area contributed by atoms with Crippen LogP contribution in [0.2, 0.25) is 0 Å². The second kappa shape index (κ2) is 11.2. The first kappa shape index (κ1) is 33.1. The summed E-state index contributed by atoms with van der Waals surface area (Å²) in [6.07, 6.45) is 17.0. The van der Waals surface area contributed by atoms with E-state index in [1.54, 1.807) is 0 Å². The van der Waals surface area contributed by atoms with Crippen molar-refractivity contribution in [1.29, 1.82) is 0 Å². The number of amides is 1. The van der Waals surface area contributed by atoms with Crippen molar-refractivity contribution in [2.45, 2.75) is 138 Å². The van der Waals surface area contributed by atoms with Gasteiger partial charge in [-0.3, -0.25) is 4.79 Å². The molecular weight excluding hydrogens is 587 g/mol. The quantitative estimate of drug-likeness (QED) is 0.358. The summed E-state index contributed by atoms with van der Waals surface area (Å²) < 4.78 is 0. The van der Waals surface area contributed by atoms with Crippen molar-refractivity contribution in [2.75, 3.05) is 6.54 Å². The Kier molecular flexibility index (Phi) is 7.72. The van der Waals surface area contributed by atoms with E-state index in [1.807, 2.05) is 6.20 Å². The molecule has 6 aliphatic rings. The zero-order chi connectivity index (χ0) is 33.9. The summed E-state index contributed by atoms with van der Waals surface area (Å²) in [5, 5.41) is 0. The van der Waals surface area contributed by atoms with Crippen LogP contribution in [-0.2, 0) is 4.79 Å². The molecule has 5 saturated carbocycles. The predicted molar refractivity (Wildman–Crippen MR) is 196 cm³/mol. The highest BCUT2D eigenvalue weighted by Crippen LogP contribution is 2.78. The summed E-state index contributed by atoms with van der Waals surface area (Å²) in [4.78, 5) is 26.3. The standard InChI is InChI=1S/C44H65N3O/c1-28(2)31-19-23-44(39(48)47-26-12-15-34(47)38-45-27-33(46-38)30-13-10-9-11-14-30)25-24-42(7)32(37(31)44)16-17-36-41(6)21-18-29(3)40(4,5)35(41)20-22-43(36,42)8/h9-11,13-14,27-29,31-32,34-37H,12,15-26H2,1-8H3,(H,45,46)/t29-,31-,32+,34-,35-,36+,37+,41-,42+,43+,44-/m0/s1. The van der Waals surface area contributed by atoms with E-state index in [9.17, 15) is 0 Å². The average Bonchev–Trinajstić information content (AvgIpc) is 3.82. The lowest BCUT2D eigenvalue weighted by molar-refractivity contribution is -0.243. The van der Waals surface area contributed by atoms with Crippen LogP contribution in [0.5, 0.6) is 0 Å². The number of benzene rings is 1. The third-order valence-electron chi connectivity index (χ3n) is 17.8. The van der Waals surface area contributed by atoms with E-state index in [4.69, 9.17) is 4.98 Å². The fourth-order valence-corrected chi connectivity index (χ4v) is 14.8. The normalized spacial score (nSPS) is 44.9. The van der Waals surface area contributed by atoms with E-state index < -0.39 is 0 Å². The Morgan fingerprint density at radius 1 is 0.854 bits per heavy atom.